The number of nitrogens with zero attached hydrogens (tertiary/aromatic N) is 4. The molecule has 3 aromatic carbocycles. The molecule has 4 aliphatic rings. The van der Waals surface area contributed by atoms with Crippen molar-refractivity contribution in [2.45, 2.75) is 50.4 Å². The predicted molar refractivity (Wildman–Crippen MR) is 190 cm³/mol. The number of anilines is 2. The first kappa shape index (κ1) is 32.6. The normalized spacial score (nSPS) is 17.1. The number of hydrogen-bond acceptors (Lipinski definition) is 6. The molecule has 3 heterocycles. The molecule has 0 atom stereocenters. The van der Waals surface area contributed by atoms with E-state index in [1.807, 2.05) is 24.3 Å². The van der Waals surface area contributed by atoms with Gasteiger partial charge in [0.15, 0.2) is 5.41 Å². The summed E-state index contributed by atoms with van der Waals surface area (Å²) in [4.78, 5) is 22.4. The number of halogens is 1. The number of fused-ring (bicyclic) bond motifs is 6. The summed E-state index contributed by atoms with van der Waals surface area (Å²) in [6, 6.07) is 18.3. The maximum Gasteiger partial charge on any atom is 0.358 e. The van der Waals surface area contributed by atoms with Gasteiger partial charge in [-0.2, -0.15) is 4.79 Å². The van der Waals surface area contributed by atoms with Crippen LogP contribution in [-0.2, 0) is 14.9 Å². The molecule has 48 heavy (non-hydrogen) atoms. The van der Waals surface area contributed by atoms with E-state index in [0.29, 0.717) is 36.9 Å². The molecule has 2 fully saturated rings. The molecule has 0 amide bonds. The van der Waals surface area contributed by atoms with Crippen LogP contribution in [0.2, 0.25) is 0 Å². The molecule has 9 heteroatoms. The Balaban J connectivity index is 1.13. The summed E-state index contributed by atoms with van der Waals surface area (Å²) in [6.45, 7) is 6.56. The van der Waals surface area contributed by atoms with Crippen LogP contribution < -0.4 is 14.5 Å². The lowest BCUT2D eigenvalue weighted by Gasteiger charge is -2.39. The van der Waals surface area contributed by atoms with Gasteiger partial charge < -0.3 is 29.5 Å². The van der Waals surface area contributed by atoms with Crippen molar-refractivity contribution >= 4 is 40.5 Å². The minimum atomic E-state index is -1.11. The van der Waals surface area contributed by atoms with E-state index < -0.39 is 5.41 Å². The van der Waals surface area contributed by atoms with Crippen LogP contribution in [-0.4, -0.2) is 74.8 Å². The van der Waals surface area contributed by atoms with Crippen LogP contribution in [0.3, 0.4) is 0 Å². The zero-order chi connectivity index (χ0) is 32.9. The van der Waals surface area contributed by atoms with Crippen LogP contribution in [0.1, 0.15) is 77.6 Å². The Kier molecular flexibility index (Phi) is 9.96. The molecule has 0 saturated carbocycles. The molecule has 0 aromatic heterocycles. The van der Waals surface area contributed by atoms with E-state index in [0.717, 1.165) is 104 Å². The van der Waals surface area contributed by atoms with Gasteiger partial charge in [0.05, 0.1) is 19.8 Å². The van der Waals surface area contributed by atoms with Crippen molar-refractivity contribution in [3.8, 4) is 11.5 Å². The van der Waals surface area contributed by atoms with E-state index in [1.54, 1.807) is 0 Å². The first-order valence-electron chi connectivity index (χ1n) is 17.4. The van der Waals surface area contributed by atoms with Crippen molar-refractivity contribution in [2.75, 3.05) is 68.3 Å². The highest BCUT2D eigenvalue weighted by atomic mass is 35.5. The van der Waals surface area contributed by atoms with E-state index in [2.05, 4.69) is 57.1 Å². The van der Waals surface area contributed by atoms with Crippen molar-refractivity contribution < 1.29 is 23.8 Å². The highest BCUT2D eigenvalue weighted by molar-refractivity contribution is 6.52. The molecular formula is C39H43ClN4O4. The van der Waals surface area contributed by atoms with Gasteiger partial charge in [0.25, 0.3) is 5.78 Å². The molecule has 2 saturated heterocycles. The maximum absolute atomic E-state index is 14.0. The van der Waals surface area contributed by atoms with Crippen molar-refractivity contribution in [1.29, 1.82) is 0 Å². The average Bonchev–Trinajstić information content (AvgIpc) is 3.28. The predicted octanol–water partition coefficient (Wildman–Crippen LogP) is 7.65. The molecule has 250 valence electrons. The minimum Gasteiger partial charge on any atom is -0.457 e. The molecule has 7 rings (SSSR count). The summed E-state index contributed by atoms with van der Waals surface area (Å²) in [7, 11) is 0. The SMILES string of the molecule is [N-]=[N+]=C1C(=O)c2ccc(/C=C/CCOCCOCCCCCCCl)cc2C12c1ccc(N3CCC3)cc1Oc1cc(N3CCC3)ccc12. The third-order valence-electron chi connectivity index (χ3n) is 10.0. The van der Waals surface area contributed by atoms with Crippen LogP contribution in [0.25, 0.3) is 11.6 Å². The van der Waals surface area contributed by atoms with Crippen LogP contribution in [0.5, 0.6) is 11.5 Å². The van der Waals surface area contributed by atoms with Gasteiger partial charge in [0.1, 0.15) is 11.5 Å². The number of ether oxygens (including phenoxy) is 3. The monoisotopic (exact) mass is 666 g/mol. The van der Waals surface area contributed by atoms with Gasteiger partial charge in [0.2, 0.25) is 0 Å². The molecule has 0 bridgehead atoms. The number of Topliss-reactive ketones (excluding diaryl/α,β-unsaturated/α-hetero) is 1. The first-order valence-corrected chi connectivity index (χ1v) is 17.9. The quantitative estimate of drug-likeness (QED) is 0.0717. The molecule has 0 radical (unpaired) electrons. The fraction of sp³-hybridized carbons (Fsp3) is 0.436. The maximum atomic E-state index is 14.0. The van der Waals surface area contributed by atoms with E-state index in [-0.39, 0.29) is 11.5 Å². The molecule has 3 aromatic rings. The second kappa shape index (κ2) is 14.7. The van der Waals surface area contributed by atoms with E-state index in [1.165, 1.54) is 12.8 Å². The van der Waals surface area contributed by atoms with E-state index in [9.17, 15) is 10.3 Å². The Bertz CT molecular complexity index is 1680. The summed E-state index contributed by atoms with van der Waals surface area (Å²) in [5.74, 6) is 1.82. The van der Waals surface area contributed by atoms with Gasteiger partial charge in [-0.05, 0) is 67.5 Å². The first-order chi connectivity index (χ1) is 23.6. The average molecular weight is 667 g/mol. The topological polar surface area (TPSA) is 87.6 Å². The lowest BCUT2D eigenvalue weighted by atomic mass is 9.67. The Morgan fingerprint density at radius 1 is 0.792 bits per heavy atom. The van der Waals surface area contributed by atoms with E-state index >= 15 is 0 Å². The zero-order valence-corrected chi connectivity index (χ0v) is 28.2. The van der Waals surface area contributed by atoms with Gasteiger partial charge >= 0.3 is 5.71 Å². The second-order valence-corrected chi connectivity index (χ2v) is 13.4. The number of hydrogen-bond donors (Lipinski definition) is 0. The van der Waals surface area contributed by atoms with Crippen LogP contribution in [0, 0.1) is 0 Å². The smallest absolute Gasteiger partial charge is 0.358 e. The van der Waals surface area contributed by atoms with Crippen molar-refractivity contribution in [2.24, 2.45) is 0 Å². The third kappa shape index (κ3) is 6.07. The number of benzene rings is 3. The summed E-state index contributed by atoms with van der Waals surface area (Å²) in [5.41, 5.74) is 15.6. The Morgan fingerprint density at radius 2 is 1.44 bits per heavy atom. The number of ketones is 1. The molecule has 3 aliphatic heterocycles. The second-order valence-electron chi connectivity index (χ2n) is 13.0. The summed E-state index contributed by atoms with van der Waals surface area (Å²) in [6.07, 6.45) is 11.7. The van der Waals surface area contributed by atoms with Gasteiger partial charge in [-0.1, -0.05) is 43.2 Å². The van der Waals surface area contributed by atoms with Crippen LogP contribution in [0.15, 0.2) is 60.7 Å². The molecular weight excluding hydrogens is 624 g/mol. The minimum absolute atomic E-state index is 0.101. The summed E-state index contributed by atoms with van der Waals surface area (Å²) >= 11 is 5.72. The van der Waals surface area contributed by atoms with Crippen molar-refractivity contribution in [1.82, 2.24) is 0 Å². The highest BCUT2D eigenvalue weighted by Crippen LogP contribution is 2.57. The summed E-state index contributed by atoms with van der Waals surface area (Å²) in [5, 5.41) is 0. The van der Waals surface area contributed by atoms with Crippen molar-refractivity contribution in [3.05, 3.63) is 94.0 Å². The molecule has 1 aliphatic carbocycles. The fourth-order valence-electron chi connectivity index (χ4n) is 7.23. The number of unbranched alkanes of at least 4 members (excludes halogenated alkanes) is 3. The van der Waals surface area contributed by atoms with E-state index in [4.69, 9.17) is 25.8 Å². The van der Waals surface area contributed by atoms with Crippen LogP contribution >= 0.6 is 11.6 Å². The molecule has 8 nitrogen and oxygen atoms in total. The van der Waals surface area contributed by atoms with Gasteiger partial charge in [0, 0.05) is 78.9 Å². The lowest BCUT2D eigenvalue weighted by Crippen LogP contribution is -2.41. The number of carbonyl (C=O) groups is 1. The summed E-state index contributed by atoms with van der Waals surface area (Å²) < 4.78 is 18.1. The van der Waals surface area contributed by atoms with Crippen molar-refractivity contribution in [3.63, 3.8) is 0 Å². The zero-order valence-electron chi connectivity index (χ0n) is 27.5. The third-order valence-corrected chi connectivity index (χ3v) is 10.3. The largest absolute Gasteiger partial charge is 0.457 e. The van der Waals surface area contributed by atoms with Crippen LogP contribution in [0.4, 0.5) is 11.4 Å². The molecule has 1 spiro atoms. The molecule has 0 unspecified atom stereocenters. The van der Waals surface area contributed by atoms with Gasteiger partial charge in [-0.15, -0.1) is 11.6 Å². The number of carbonyl (C=O) groups excluding carboxylic acids is 1. The lowest BCUT2D eigenvalue weighted by molar-refractivity contribution is -0.0118. The standard InChI is InChI=1S/C39H43ClN4O4/c40-16-4-1-2-5-21-46-23-24-47-22-6-3-9-28-10-13-31-34(25-28)39(38(42-41)37(31)45)32-14-11-29(43-17-7-18-43)26-35(32)48-36-27-30(12-15-33(36)39)44-19-8-20-44/h3,9-15,25-27H,1-2,4-8,16-24H2/b9-3+. The number of rotatable bonds is 15. The Hall–Kier alpha value is -3.94. The highest BCUT2D eigenvalue weighted by Gasteiger charge is 2.62. The Labute approximate surface area is 287 Å². The van der Waals surface area contributed by atoms with Gasteiger partial charge in [-0.25, -0.2) is 0 Å². The number of alkyl halides is 1. The Morgan fingerprint density at radius 3 is 2.04 bits per heavy atom. The molecule has 0 N–H and O–H groups in total. The fourth-order valence-corrected chi connectivity index (χ4v) is 7.42. The van der Waals surface area contributed by atoms with Gasteiger partial charge in [-0.3, -0.25) is 4.79 Å².